The van der Waals surface area contributed by atoms with Gasteiger partial charge < -0.3 is 9.88 Å². The Morgan fingerprint density at radius 1 is 1.21 bits per heavy atom. The molecule has 0 bridgehead atoms. The number of rotatable bonds is 3. The van der Waals surface area contributed by atoms with Crippen LogP contribution >= 0.6 is 11.6 Å². The molecule has 0 radical (unpaired) electrons. The molecule has 3 rings (SSSR count). The fourth-order valence-corrected chi connectivity index (χ4v) is 3.57. The summed E-state index contributed by atoms with van der Waals surface area (Å²) in [5.74, 6) is 0.354. The average molecular weight is 403 g/mol. The lowest BCUT2D eigenvalue weighted by molar-refractivity contribution is 0.0625. The highest BCUT2D eigenvalue weighted by Crippen LogP contribution is 2.18. The first-order valence-corrected chi connectivity index (χ1v) is 9.90. The number of hydrogen-bond donors (Lipinski definition) is 1. The molecule has 1 aliphatic heterocycles. The molecule has 1 amide bonds. The van der Waals surface area contributed by atoms with Crippen LogP contribution in [0.3, 0.4) is 0 Å². The van der Waals surface area contributed by atoms with Gasteiger partial charge in [0.1, 0.15) is 11.4 Å². The normalized spacial score (nSPS) is 15.7. The number of hydrogen-bond acceptors (Lipinski definition) is 4. The molecule has 2 heterocycles. The summed E-state index contributed by atoms with van der Waals surface area (Å²) in [4.78, 5) is 36.8. The SMILES string of the molecule is Cc1nc(C(C)(C)C)[nH]c(=O)c1C(=O)N1CCN(Cc2cccc(Cl)c2)CC1. The molecule has 0 atom stereocenters. The van der Waals surface area contributed by atoms with E-state index in [4.69, 9.17) is 11.6 Å². The molecule has 0 aliphatic carbocycles. The van der Waals surface area contributed by atoms with Crippen molar-refractivity contribution < 1.29 is 4.79 Å². The lowest BCUT2D eigenvalue weighted by Crippen LogP contribution is -2.49. The fraction of sp³-hybridized carbons (Fsp3) is 0.476. The quantitative estimate of drug-likeness (QED) is 0.856. The van der Waals surface area contributed by atoms with Crippen molar-refractivity contribution in [3.63, 3.8) is 0 Å². The molecule has 0 unspecified atom stereocenters. The van der Waals surface area contributed by atoms with E-state index in [0.29, 0.717) is 24.6 Å². The first-order valence-electron chi connectivity index (χ1n) is 9.52. The molecule has 28 heavy (non-hydrogen) atoms. The number of amides is 1. The number of carbonyl (C=O) groups excluding carboxylic acids is 1. The molecule has 1 aromatic carbocycles. The van der Waals surface area contributed by atoms with Crippen LogP contribution in [0.5, 0.6) is 0 Å². The van der Waals surface area contributed by atoms with Gasteiger partial charge in [-0.15, -0.1) is 0 Å². The summed E-state index contributed by atoms with van der Waals surface area (Å²) in [6.07, 6.45) is 0. The topological polar surface area (TPSA) is 69.3 Å². The maximum Gasteiger partial charge on any atom is 0.264 e. The fourth-order valence-electron chi connectivity index (χ4n) is 3.35. The van der Waals surface area contributed by atoms with Gasteiger partial charge in [-0.2, -0.15) is 0 Å². The Hall–Kier alpha value is -2.18. The van der Waals surface area contributed by atoms with E-state index >= 15 is 0 Å². The third kappa shape index (κ3) is 4.62. The van der Waals surface area contributed by atoms with Gasteiger partial charge >= 0.3 is 0 Å². The Bertz CT molecular complexity index is 925. The summed E-state index contributed by atoms with van der Waals surface area (Å²) in [6.45, 7) is 11.1. The van der Waals surface area contributed by atoms with Crippen molar-refractivity contribution in [2.75, 3.05) is 26.2 Å². The van der Waals surface area contributed by atoms with Crippen molar-refractivity contribution in [2.24, 2.45) is 0 Å². The van der Waals surface area contributed by atoms with E-state index in [1.165, 1.54) is 0 Å². The van der Waals surface area contributed by atoms with Crippen LogP contribution in [0.4, 0.5) is 0 Å². The molecule has 6 nitrogen and oxygen atoms in total. The van der Waals surface area contributed by atoms with Crippen molar-refractivity contribution in [3.05, 3.63) is 62.3 Å². The average Bonchev–Trinajstić information content (AvgIpc) is 2.61. The third-order valence-electron chi connectivity index (χ3n) is 4.98. The standard InChI is InChI=1S/C21H27ClN4O2/c1-14-17(18(27)24-20(23-14)21(2,3)4)19(28)26-10-8-25(9-11-26)13-15-6-5-7-16(22)12-15/h5-7,12H,8-11,13H2,1-4H3,(H,23,24,27). The molecule has 7 heteroatoms. The van der Waals surface area contributed by atoms with Crippen LogP contribution < -0.4 is 5.56 Å². The highest BCUT2D eigenvalue weighted by atomic mass is 35.5. The van der Waals surface area contributed by atoms with Crippen LogP contribution in [0.2, 0.25) is 5.02 Å². The zero-order valence-corrected chi connectivity index (χ0v) is 17.6. The van der Waals surface area contributed by atoms with Crippen LogP contribution in [0.1, 0.15) is 48.2 Å². The number of carbonyl (C=O) groups is 1. The number of halogens is 1. The lowest BCUT2D eigenvalue weighted by atomic mass is 9.95. The summed E-state index contributed by atoms with van der Waals surface area (Å²) >= 11 is 6.05. The molecular formula is C21H27ClN4O2. The van der Waals surface area contributed by atoms with E-state index in [1.54, 1.807) is 11.8 Å². The minimum Gasteiger partial charge on any atom is -0.336 e. The first-order chi connectivity index (χ1) is 13.1. The maximum atomic E-state index is 12.9. The summed E-state index contributed by atoms with van der Waals surface area (Å²) in [7, 11) is 0. The van der Waals surface area contributed by atoms with Gasteiger partial charge in [0.25, 0.3) is 11.5 Å². The second-order valence-corrected chi connectivity index (χ2v) is 8.76. The van der Waals surface area contributed by atoms with E-state index < -0.39 is 0 Å². The molecule has 1 aromatic heterocycles. The number of nitrogens with one attached hydrogen (secondary N) is 1. The summed E-state index contributed by atoms with van der Waals surface area (Å²) in [6, 6.07) is 7.82. The van der Waals surface area contributed by atoms with E-state index in [9.17, 15) is 9.59 Å². The summed E-state index contributed by atoms with van der Waals surface area (Å²) in [5, 5.41) is 0.729. The molecule has 1 saturated heterocycles. The number of benzene rings is 1. The van der Waals surface area contributed by atoms with Crippen LogP contribution in [-0.4, -0.2) is 51.9 Å². The van der Waals surface area contributed by atoms with E-state index in [1.807, 2.05) is 39.0 Å². The Kier molecular flexibility index (Phi) is 5.91. The zero-order chi connectivity index (χ0) is 20.5. The number of H-pyrrole nitrogens is 1. The zero-order valence-electron chi connectivity index (χ0n) is 16.9. The van der Waals surface area contributed by atoms with Gasteiger partial charge in [-0.05, 0) is 24.6 Å². The second kappa shape index (κ2) is 8.05. The van der Waals surface area contributed by atoms with Crippen molar-refractivity contribution in [1.82, 2.24) is 19.8 Å². The largest absolute Gasteiger partial charge is 0.336 e. The molecule has 1 N–H and O–H groups in total. The highest BCUT2D eigenvalue weighted by Gasteiger charge is 2.27. The highest BCUT2D eigenvalue weighted by molar-refractivity contribution is 6.30. The predicted octanol–water partition coefficient (Wildman–Crippen LogP) is 2.99. The monoisotopic (exact) mass is 402 g/mol. The molecule has 1 fully saturated rings. The Balaban J connectivity index is 1.68. The third-order valence-corrected chi connectivity index (χ3v) is 5.21. The predicted molar refractivity (Wildman–Crippen MR) is 111 cm³/mol. The van der Waals surface area contributed by atoms with Gasteiger partial charge in [-0.3, -0.25) is 14.5 Å². The Labute approximate surface area is 170 Å². The number of aromatic nitrogens is 2. The van der Waals surface area contributed by atoms with Gasteiger partial charge in [0, 0.05) is 43.2 Å². The minimum atomic E-state index is -0.358. The van der Waals surface area contributed by atoms with E-state index in [-0.39, 0.29) is 22.4 Å². The number of piperazine rings is 1. The van der Waals surface area contributed by atoms with Gasteiger partial charge in [0.2, 0.25) is 0 Å². The molecule has 150 valence electrons. The lowest BCUT2D eigenvalue weighted by Gasteiger charge is -2.34. The van der Waals surface area contributed by atoms with Crippen LogP contribution in [0.15, 0.2) is 29.1 Å². The number of aryl methyl sites for hydroxylation is 1. The maximum absolute atomic E-state index is 12.9. The van der Waals surface area contributed by atoms with E-state index in [2.05, 4.69) is 20.9 Å². The van der Waals surface area contributed by atoms with Gasteiger partial charge in [-0.1, -0.05) is 44.5 Å². The minimum absolute atomic E-state index is 0.149. The van der Waals surface area contributed by atoms with Gasteiger partial charge in [0.05, 0.1) is 5.69 Å². The molecular weight excluding hydrogens is 376 g/mol. The summed E-state index contributed by atoms with van der Waals surface area (Å²) < 4.78 is 0. The van der Waals surface area contributed by atoms with Crippen molar-refractivity contribution in [3.8, 4) is 0 Å². The summed E-state index contributed by atoms with van der Waals surface area (Å²) in [5.41, 5.74) is 1.15. The van der Waals surface area contributed by atoms with Gasteiger partial charge in [0.15, 0.2) is 0 Å². The smallest absolute Gasteiger partial charge is 0.264 e. The van der Waals surface area contributed by atoms with Crippen molar-refractivity contribution in [2.45, 2.75) is 39.7 Å². The molecule has 0 spiro atoms. The van der Waals surface area contributed by atoms with E-state index in [0.717, 1.165) is 30.2 Å². The Morgan fingerprint density at radius 2 is 1.89 bits per heavy atom. The van der Waals surface area contributed by atoms with Gasteiger partial charge in [-0.25, -0.2) is 4.98 Å². The molecule has 1 aliphatic rings. The number of nitrogens with zero attached hydrogens (tertiary/aromatic N) is 3. The molecule has 2 aromatic rings. The second-order valence-electron chi connectivity index (χ2n) is 8.32. The number of aromatic amines is 1. The first kappa shape index (κ1) is 20.6. The van der Waals surface area contributed by atoms with Crippen LogP contribution in [0, 0.1) is 6.92 Å². The van der Waals surface area contributed by atoms with Crippen LogP contribution in [0.25, 0.3) is 0 Å². The Morgan fingerprint density at radius 3 is 2.46 bits per heavy atom. The molecule has 0 saturated carbocycles. The van der Waals surface area contributed by atoms with Crippen molar-refractivity contribution in [1.29, 1.82) is 0 Å². The van der Waals surface area contributed by atoms with Crippen LogP contribution in [-0.2, 0) is 12.0 Å². The van der Waals surface area contributed by atoms with Crippen molar-refractivity contribution >= 4 is 17.5 Å².